The van der Waals surface area contributed by atoms with Crippen LogP contribution in [0.2, 0.25) is 0 Å². The van der Waals surface area contributed by atoms with Crippen molar-refractivity contribution in [2.75, 3.05) is 0 Å². The minimum absolute atomic E-state index is 0.114. The van der Waals surface area contributed by atoms with Gasteiger partial charge in [-0.1, -0.05) is 74.3 Å². The zero-order valence-corrected chi connectivity index (χ0v) is 38.2. The van der Waals surface area contributed by atoms with Crippen LogP contribution in [0, 0.1) is 98.6 Å². The fraction of sp³-hybridized carbons (Fsp3) is 0.904. The maximum atomic E-state index is 13.9. The molecule has 8 saturated carbocycles. The number of aliphatic hydroxyl groups excluding tert-OH is 2. The van der Waals surface area contributed by atoms with Gasteiger partial charge in [-0.2, -0.15) is 0 Å². The fourth-order valence-electron chi connectivity index (χ4n) is 18.0. The molecular weight excluding hydrogens is 721 g/mol. The van der Waals surface area contributed by atoms with E-state index < -0.39 is 5.97 Å². The lowest BCUT2D eigenvalue weighted by Crippen LogP contribution is -2.60. The van der Waals surface area contributed by atoms with Gasteiger partial charge in [-0.3, -0.25) is 14.4 Å². The molecule has 0 saturated heterocycles. The first-order valence-corrected chi connectivity index (χ1v) is 24.7. The highest BCUT2D eigenvalue weighted by Gasteiger charge is 2.66. The van der Waals surface area contributed by atoms with Gasteiger partial charge in [-0.05, 0) is 196 Å². The zero-order chi connectivity index (χ0) is 42.1. The molecule has 8 aliphatic rings. The predicted octanol–water partition coefficient (Wildman–Crippen LogP) is 11.5. The van der Waals surface area contributed by atoms with Gasteiger partial charge in [0, 0.05) is 24.2 Å². The van der Waals surface area contributed by atoms with E-state index in [1.807, 2.05) is 13.0 Å². The molecule has 328 valence electrons. The van der Waals surface area contributed by atoms with Crippen LogP contribution in [-0.2, 0) is 14.4 Å². The van der Waals surface area contributed by atoms with Gasteiger partial charge in [0.15, 0.2) is 5.78 Å². The molecule has 3 N–H and O–H groups in total. The molecule has 0 bridgehead atoms. The summed E-state index contributed by atoms with van der Waals surface area (Å²) in [6.07, 6.45) is 21.4. The van der Waals surface area contributed by atoms with E-state index in [1.54, 1.807) is 0 Å². The van der Waals surface area contributed by atoms with Crippen molar-refractivity contribution in [2.45, 2.75) is 197 Å². The highest BCUT2D eigenvalue weighted by molar-refractivity contribution is 5.99. The molecule has 8 aliphatic carbocycles. The third kappa shape index (κ3) is 7.06. The molecule has 8 rings (SSSR count). The molecule has 0 aromatic rings. The van der Waals surface area contributed by atoms with E-state index >= 15 is 0 Å². The van der Waals surface area contributed by atoms with Crippen molar-refractivity contribution in [1.29, 1.82) is 0 Å². The van der Waals surface area contributed by atoms with Gasteiger partial charge in [0.05, 0.1) is 12.2 Å². The number of carbonyl (C=O) groups excluding carboxylic acids is 2. The third-order valence-electron chi connectivity index (χ3n) is 20.9. The largest absolute Gasteiger partial charge is 0.481 e. The molecule has 0 radical (unpaired) electrons. The van der Waals surface area contributed by atoms with E-state index in [1.165, 1.54) is 38.5 Å². The number of hydrogen-bond acceptors (Lipinski definition) is 5. The lowest BCUT2D eigenvalue weighted by molar-refractivity contribution is -0.173. The second-order valence-electron chi connectivity index (χ2n) is 23.2. The number of Topliss-reactive ketones (excluding diaryl/α,β-unsaturated/α-hetero) is 2. The van der Waals surface area contributed by atoms with Gasteiger partial charge in [-0.25, -0.2) is 0 Å². The van der Waals surface area contributed by atoms with Crippen LogP contribution >= 0.6 is 0 Å². The second-order valence-corrected chi connectivity index (χ2v) is 23.2. The fourth-order valence-corrected chi connectivity index (χ4v) is 18.0. The SMILES string of the molecule is CC=C1C(=O)[C@H]2C3CC[C@H]([C@H](C)CCC(=O)O)[C@@]3(C)CCC2[C@@]2(C)CC[C@@H](O)C[C@@H]12.CCC[C@@H](C)[C@H]1CCC2[C@@H]3C(=O)[C@H](CC)[C@@H]4C[C@H](O)CC[C@]4(C)C3CC[C@@]21C. The Morgan fingerprint density at radius 3 is 1.72 bits per heavy atom. The van der Waals surface area contributed by atoms with Crippen molar-refractivity contribution in [3.8, 4) is 0 Å². The molecule has 0 heterocycles. The maximum absolute atomic E-state index is 13.9. The molecular formula is C52H84O6. The van der Waals surface area contributed by atoms with Gasteiger partial charge in [0.2, 0.25) is 0 Å². The van der Waals surface area contributed by atoms with Gasteiger partial charge in [-0.15, -0.1) is 0 Å². The maximum Gasteiger partial charge on any atom is 0.303 e. The predicted molar refractivity (Wildman–Crippen MR) is 232 cm³/mol. The Bertz CT molecular complexity index is 1570. The van der Waals surface area contributed by atoms with Crippen LogP contribution in [0.25, 0.3) is 0 Å². The molecule has 0 spiro atoms. The van der Waals surface area contributed by atoms with Gasteiger partial charge in [0.25, 0.3) is 0 Å². The topological polar surface area (TPSA) is 112 Å². The number of rotatable bonds is 8. The Balaban J connectivity index is 0.000000177. The summed E-state index contributed by atoms with van der Waals surface area (Å²) < 4.78 is 0. The number of carboxylic acids is 1. The number of ketones is 2. The lowest BCUT2D eigenvalue weighted by Gasteiger charge is -2.62. The third-order valence-corrected chi connectivity index (χ3v) is 20.9. The quantitative estimate of drug-likeness (QED) is 0.211. The normalized spacial score (nSPS) is 49.9. The highest BCUT2D eigenvalue weighted by Crippen LogP contribution is 2.70. The van der Waals surface area contributed by atoms with E-state index in [9.17, 15) is 24.6 Å². The molecule has 6 nitrogen and oxygen atoms in total. The molecule has 8 fully saturated rings. The number of allylic oxidation sites excluding steroid dienone is 2. The van der Waals surface area contributed by atoms with Crippen LogP contribution < -0.4 is 0 Å². The summed E-state index contributed by atoms with van der Waals surface area (Å²) in [7, 11) is 0. The molecule has 0 aromatic heterocycles. The summed E-state index contributed by atoms with van der Waals surface area (Å²) in [6, 6.07) is 0. The van der Waals surface area contributed by atoms with Crippen molar-refractivity contribution in [3.63, 3.8) is 0 Å². The first-order chi connectivity index (χ1) is 27.4. The number of carboxylic acid groups (broad SMARTS) is 1. The number of aliphatic hydroxyl groups is 2. The van der Waals surface area contributed by atoms with Crippen LogP contribution in [-0.4, -0.2) is 45.1 Å². The van der Waals surface area contributed by atoms with E-state index in [2.05, 4.69) is 55.4 Å². The Labute approximate surface area is 352 Å². The molecule has 0 amide bonds. The molecule has 58 heavy (non-hydrogen) atoms. The number of aliphatic carboxylic acids is 1. The van der Waals surface area contributed by atoms with Crippen LogP contribution in [0.4, 0.5) is 0 Å². The Morgan fingerprint density at radius 1 is 0.672 bits per heavy atom. The van der Waals surface area contributed by atoms with Gasteiger partial charge >= 0.3 is 5.97 Å². The van der Waals surface area contributed by atoms with Gasteiger partial charge in [0.1, 0.15) is 5.78 Å². The summed E-state index contributed by atoms with van der Waals surface area (Å²) >= 11 is 0. The van der Waals surface area contributed by atoms with Gasteiger partial charge < -0.3 is 15.3 Å². The zero-order valence-electron chi connectivity index (χ0n) is 38.2. The van der Waals surface area contributed by atoms with Crippen molar-refractivity contribution in [1.82, 2.24) is 0 Å². The van der Waals surface area contributed by atoms with Crippen molar-refractivity contribution < 1.29 is 29.7 Å². The van der Waals surface area contributed by atoms with Crippen LogP contribution in [0.15, 0.2) is 11.6 Å². The van der Waals surface area contributed by atoms with Crippen molar-refractivity contribution in [2.24, 2.45) is 98.6 Å². The lowest BCUT2D eigenvalue weighted by atomic mass is 9.42. The first-order valence-electron chi connectivity index (χ1n) is 24.7. The molecule has 4 unspecified atom stereocenters. The van der Waals surface area contributed by atoms with E-state index in [0.29, 0.717) is 64.3 Å². The van der Waals surface area contributed by atoms with Crippen molar-refractivity contribution >= 4 is 17.5 Å². The molecule has 19 atom stereocenters. The summed E-state index contributed by atoms with van der Waals surface area (Å²) in [5.41, 5.74) is 1.90. The number of fused-ring (bicyclic) bond motifs is 10. The summed E-state index contributed by atoms with van der Waals surface area (Å²) in [5.74, 6) is 6.03. The summed E-state index contributed by atoms with van der Waals surface area (Å²) in [5, 5.41) is 29.9. The summed E-state index contributed by atoms with van der Waals surface area (Å²) in [4.78, 5) is 38.8. The standard InChI is InChI=1S/C26H40O4.C26H44O2/c1-5-17-21-14-16(27)10-12-26(21,4)20-11-13-25(3)18(15(2)6-9-22(28)29)7-8-19(25)23(20)24(17)30;1-6-8-16(3)19-9-10-20-23-21(12-14-25(19,20)4)26(5)13-11-17(27)15-22(26)18(7-2)24(23)28/h5,15-16,18-21,23,27H,6-14H2,1-4H3,(H,28,29);16-23,27H,6-15H2,1-5H3/t15-,16-,18-,19?,20?,21+,23+,25-,26-;16-,17-,18-,19-,20?,21?,22+,23+,25-,26-/m11/s1. The van der Waals surface area contributed by atoms with E-state index in [-0.39, 0.29) is 52.6 Å². The minimum atomic E-state index is -0.705. The highest BCUT2D eigenvalue weighted by atomic mass is 16.4. The first kappa shape index (κ1) is 44.5. The average molecular weight is 805 g/mol. The molecule has 0 aromatic carbocycles. The number of carbonyl (C=O) groups is 3. The van der Waals surface area contributed by atoms with Crippen LogP contribution in [0.1, 0.15) is 184 Å². The van der Waals surface area contributed by atoms with Crippen molar-refractivity contribution in [3.05, 3.63) is 11.6 Å². The average Bonchev–Trinajstić information content (AvgIpc) is 3.73. The Morgan fingerprint density at radius 2 is 1.17 bits per heavy atom. The smallest absolute Gasteiger partial charge is 0.303 e. The molecule has 0 aliphatic heterocycles. The van der Waals surface area contributed by atoms with E-state index in [4.69, 9.17) is 5.11 Å². The molecule has 6 heteroatoms. The van der Waals surface area contributed by atoms with Crippen LogP contribution in [0.5, 0.6) is 0 Å². The van der Waals surface area contributed by atoms with Crippen LogP contribution in [0.3, 0.4) is 0 Å². The Kier molecular flexibility index (Phi) is 12.8. The number of hydrogen-bond donors (Lipinski definition) is 3. The minimum Gasteiger partial charge on any atom is -0.481 e. The summed E-state index contributed by atoms with van der Waals surface area (Å²) in [6.45, 7) is 21.1. The monoisotopic (exact) mass is 805 g/mol. The second kappa shape index (κ2) is 16.6. The van der Waals surface area contributed by atoms with E-state index in [0.717, 1.165) is 94.5 Å². The Hall–Kier alpha value is -1.53.